The van der Waals surface area contributed by atoms with Crippen molar-refractivity contribution in [2.45, 2.75) is 56.9 Å². The highest BCUT2D eigenvalue weighted by molar-refractivity contribution is 7.89. The Morgan fingerprint density at radius 3 is 2.27 bits per heavy atom. The summed E-state index contributed by atoms with van der Waals surface area (Å²) >= 11 is 0. The number of hydrogen-bond acceptors (Lipinski definition) is 6. The fourth-order valence-electron chi connectivity index (χ4n) is 5.31. The molecular weight excluding hydrogens is 538 g/mol. The molecule has 1 heterocycles. The molecule has 8 nitrogen and oxygen atoms in total. The Labute approximate surface area is 243 Å². The first-order valence-corrected chi connectivity index (χ1v) is 15.7. The molecule has 1 aliphatic rings. The number of carbonyl (C=O) groups excluding carboxylic acids is 2. The third-order valence-electron chi connectivity index (χ3n) is 7.46. The van der Waals surface area contributed by atoms with Gasteiger partial charge in [0.1, 0.15) is 4.90 Å². The molecule has 0 spiro atoms. The van der Waals surface area contributed by atoms with Crippen LogP contribution in [0.1, 0.15) is 63.1 Å². The minimum absolute atomic E-state index is 0.0512. The highest BCUT2D eigenvalue weighted by Crippen LogP contribution is 2.33. The van der Waals surface area contributed by atoms with Crippen LogP contribution in [0.3, 0.4) is 0 Å². The lowest BCUT2D eigenvalue weighted by Crippen LogP contribution is -2.40. The Bertz CT molecular complexity index is 1430. The maximum absolute atomic E-state index is 13.9. The molecule has 1 amide bonds. The summed E-state index contributed by atoms with van der Waals surface area (Å²) in [6.07, 6.45) is 2.01. The number of ether oxygens (including phenoxy) is 1. The normalized spacial score (nSPS) is 17.0. The number of benzene rings is 3. The van der Waals surface area contributed by atoms with Crippen LogP contribution in [0.4, 0.5) is 11.4 Å². The molecule has 0 aromatic heterocycles. The van der Waals surface area contributed by atoms with E-state index in [4.69, 9.17) is 4.74 Å². The van der Waals surface area contributed by atoms with Gasteiger partial charge in [0.2, 0.25) is 15.9 Å². The van der Waals surface area contributed by atoms with Crippen LogP contribution in [-0.4, -0.2) is 40.0 Å². The maximum atomic E-state index is 13.9. The molecule has 0 radical (unpaired) electrons. The first-order chi connectivity index (χ1) is 19.7. The van der Waals surface area contributed by atoms with Crippen molar-refractivity contribution in [1.82, 2.24) is 4.72 Å². The van der Waals surface area contributed by atoms with Crippen molar-refractivity contribution in [3.63, 3.8) is 0 Å². The standard InChI is InChI=1S/C32H39N3O5S/c1-4-28(25-15-10-7-11-16-25)31(36)33-27-18-19-29(35-20-12-17-26(22-35)32(37)40-5-2)30(21-27)41(38,39)34-23(3)24-13-8-6-9-14-24/h6-11,13-16,18-19,21,23,26,28,34H,4-5,12,17,20,22H2,1-3H3,(H,33,36)/t23-,26-,28+/m1/s1. The molecule has 0 unspecified atom stereocenters. The summed E-state index contributed by atoms with van der Waals surface area (Å²) in [5.74, 6) is -1.20. The molecule has 41 heavy (non-hydrogen) atoms. The molecule has 2 N–H and O–H groups in total. The third kappa shape index (κ3) is 7.54. The van der Waals surface area contributed by atoms with Gasteiger partial charge in [-0.15, -0.1) is 0 Å². The van der Waals surface area contributed by atoms with Crippen molar-refractivity contribution in [1.29, 1.82) is 0 Å². The lowest BCUT2D eigenvalue weighted by Gasteiger charge is -2.34. The molecule has 3 atom stereocenters. The Balaban J connectivity index is 1.67. The number of rotatable bonds is 11. The smallest absolute Gasteiger partial charge is 0.310 e. The number of nitrogens with zero attached hydrogens (tertiary/aromatic N) is 1. The zero-order valence-corrected chi connectivity index (χ0v) is 24.7. The monoisotopic (exact) mass is 577 g/mol. The van der Waals surface area contributed by atoms with E-state index < -0.39 is 16.1 Å². The Morgan fingerprint density at radius 2 is 1.63 bits per heavy atom. The zero-order chi connectivity index (χ0) is 29.4. The van der Waals surface area contributed by atoms with Gasteiger partial charge in [-0.2, -0.15) is 0 Å². The molecule has 3 aromatic carbocycles. The van der Waals surface area contributed by atoms with Gasteiger partial charge in [-0.25, -0.2) is 13.1 Å². The molecule has 1 aliphatic heterocycles. The van der Waals surface area contributed by atoms with Crippen LogP contribution in [0.15, 0.2) is 83.8 Å². The van der Waals surface area contributed by atoms with Gasteiger partial charge in [0.25, 0.3) is 0 Å². The summed E-state index contributed by atoms with van der Waals surface area (Å²) in [6.45, 7) is 6.77. The second-order valence-electron chi connectivity index (χ2n) is 10.3. The molecule has 0 bridgehead atoms. The molecule has 1 saturated heterocycles. The number of hydrogen-bond donors (Lipinski definition) is 2. The van der Waals surface area contributed by atoms with Gasteiger partial charge >= 0.3 is 5.97 Å². The fourth-order valence-corrected chi connectivity index (χ4v) is 6.79. The van der Waals surface area contributed by atoms with Gasteiger partial charge in [0.15, 0.2) is 0 Å². The highest BCUT2D eigenvalue weighted by atomic mass is 32.2. The molecule has 4 rings (SSSR count). The largest absolute Gasteiger partial charge is 0.466 e. The summed E-state index contributed by atoms with van der Waals surface area (Å²) in [7, 11) is -4.03. The molecule has 0 saturated carbocycles. The Hall–Kier alpha value is -3.69. The SMILES string of the molecule is CCOC(=O)[C@@H]1CCCN(c2ccc(NC(=O)[C@@H](CC)c3ccccc3)cc2S(=O)(=O)N[C@H](C)c2ccccc2)C1. The first-order valence-electron chi connectivity index (χ1n) is 14.2. The van der Waals surface area contributed by atoms with Gasteiger partial charge in [-0.1, -0.05) is 67.6 Å². The van der Waals surface area contributed by atoms with Gasteiger partial charge in [-0.3, -0.25) is 9.59 Å². The Morgan fingerprint density at radius 1 is 0.976 bits per heavy atom. The van der Waals surface area contributed by atoms with Gasteiger partial charge in [-0.05, 0) is 62.4 Å². The van der Waals surface area contributed by atoms with Gasteiger partial charge in [0, 0.05) is 24.8 Å². The van der Waals surface area contributed by atoms with E-state index in [-0.39, 0.29) is 28.6 Å². The molecule has 3 aromatic rings. The minimum atomic E-state index is -4.03. The van der Waals surface area contributed by atoms with E-state index in [0.29, 0.717) is 43.9 Å². The fraction of sp³-hybridized carbons (Fsp3) is 0.375. The van der Waals surface area contributed by atoms with E-state index in [0.717, 1.165) is 17.5 Å². The minimum Gasteiger partial charge on any atom is -0.466 e. The van der Waals surface area contributed by atoms with Crippen LogP contribution in [0.2, 0.25) is 0 Å². The van der Waals surface area contributed by atoms with Crippen LogP contribution >= 0.6 is 0 Å². The van der Waals surface area contributed by atoms with Crippen molar-refractivity contribution < 1.29 is 22.7 Å². The lowest BCUT2D eigenvalue weighted by atomic mass is 9.95. The molecular formula is C32H39N3O5S. The van der Waals surface area contributed by atoms with Gasteiger partial charge in [0.05, 0.1) is 24.1 Å². The molecule has 218 valence electrons. The quantitative estimate of drug-likeness (QED) is 0.286. The zero-order valence-electron chi connectivity index (χ0n) is 23.9. The first kappa shape index (κ1) is 30.3. The summed E-state index contributed by atoms with van der Waals surface area (Å²) < 4.78 is 35.9. The predicted octanol–water partition coefficient (Wildman–Crippen LogP) is 5.64. The number of carbonyl (C=O) groups is 2. The topological polar surface area (TPSA) is 105 Å². The van der Waals surface area contributed by atoms with E-state index in [1.807, 2.05) is 72.5 Å². The second-order valence-corrected chi connectivity index (χ2v) is 12.0. The van der Waals surface area contributed by atoms with E-state index >= 15 is 0 Å². The van der Waals surface area contributed by atoms with Crippen LogP contribution in [0, 0.1) is 5.92 Å². The van der Waals surface area contributed by atoms with Crippen LogP contribution in [0.5, 0.6) is 0 Å². The van der Waals surface area contributed by atoms with Gasteiger partial charge < -0.3 is 15.0 Å². The number of anilines is 2. The molecule has 1 fully saturated rings. The van der Waals surface area contributed by atoms with Crippen LogP contribution in [0.25, 0.3) is 0 Å². The summed E-state index contributed by atoms with van der Waals surface area (Å²) in [5.41, 5.74) is 2.60. The van der Waals surface area contributed by atoms with Crippen molar-refractivity contribution >= 4 is 33.3 Å². The van der Waals surface area contributed by atoms with Crippen molar-refractivity contribution in [2.24, 2.45) is 5.92 Å². The summed E-state index contributed by atoms with van der Waals surface area (Å²) in [4.78, 5) is 27.8. The van der Waals surface area contributed by atoms with Crippen LogP contribution < -0.4 is 14.9 Å². The van der Waals surface area contributed by atoms with E-state index in [1.165, 1.54) is 6.07 Å². The van der Waals surface area contributed by atoms with Crippen LogP contribution in [-0.2, 0) is 24.3 Å². The second kappa shape index (κ2) is 13.8. The number of piperidine rings is 1. The average molecular weight is 578 g/mol. The molecule has 0 aliphatic carbocycles. The summed E-state index contributed by atoms with van der Waals surface area (Å²) in [5, 5.41) is 2.94. The number of amides is 1. The van der Waals surface area contributed by atoms with Crippen molar-refractivity contribution in [2.75, 3.05) is 29.9 Å². The Kier molecular flexibility index (Phi) is 10.2. The molecule has 9 heteroatoms. The van der Waals surface area contributed by atoms with E-state index in [9.17, 15) is 18.0 Å². The lowest BCUT2D eigenvalue weighted by molar-refractivity contribution is -0.148. The maximum Gasteiger partial charge on any atom is 0.310 e. The average Bonchev–Trinajstić information content (AvgIpc) is 2.98. The van der Waals surface area contributed by atoms with Crippen molar-refractivity contribution in [3.05, 3.63) is 90.0 Å². The van der Waals surface area contributed by atoms with Crippen molar-refractivity contribution in [3.8, 4) is 0 Å². The number of esters is 1. The van der Waals surface area contributed by atoms with E-state index in [1.54, 1.807) is 26.0 Å². The van der Waals surface area contributed by atoms with E-state index in [2.05, 4.69) is 10.0 Å². The third-order valence-corrected chi connectivity index (χ3v) is 9.03. The predicted molar refractivity (Wildman–Crippen MR) is 161 cm³/mol. The summed E-state index contributed by atoms with van der Waals surface area (Å²) in [6, 6.07) is 23.3. The number of nitrogens with one attached hydrogen (secondary N) is 2. The highest BCUT2D eigenvalue weighted by Gasteiger charge is 2.31. The number of sulfonamides is 1.